The Bertz CT molecular complexity index is 1670. The highest BCUT2D eigenvalue weighted by Gasteiger charge is 2.11. The normalized spacial score (nSPS) is 11.7. The molecule has 10 heteroatoms. The first kappa shape index (κ1) is 23.1. The van der Waals surface area contributed by atoms with Crippen molar-refractivity contribution in [2.75, 3.05) is 0 Å². The lowest BCUT2D eigenvalue weighted by molar-refractivity contribution is -0.120. The summed E-state index contributed by atoms with van der Waals surface area (Å²) in [7, 11) is 0. The quantitative estimate of drug-likeness (QED) is 0.344. The number of nitrogens with zero attached hydrogens (tertiary/aromatic N) is 2. The van der Waals surface area contributed by atoms with Gasteiger partial charge in [-0.25, -0.2) is 14.2 Å². The average molecular weight is 472 g/mol. The molecule has 2 aromatic heterocycles. The molecule has 0 unspecified atom stereocenters. The number of benzene rings is 2. The van der Waals surface area contributed by atoms with Gasteiger partial charge in [-0.05, 0) is 67.6 Å². The molecule has 2 heterocycles. The van der Waals surface area contributed by atoms with Gasteiger partial charge in [0.25, 0.3) is 17.6 Å². The number of carboxylic acid groups (broad SMARTS) is 1. The maximum Gasteiger partial charge on any atom is 0.335 e. The number of carbonyl (C=O) groups is 2. The number of carbonyl (C=O) groups excluding carboxylic acids is 1. The van der Waals surface area contributed by atoms with Crippen LogP contribution in [0.3, 0.4) is 0 Å². The lowest BCUT2D eigenvalue weighted by Crippen LogP contribution is -2.33. The van der Waals surface area contributed by atoms with Gasteiger partial charge in [-0.3, -0.25) is 24.6 Å². The molecule has 0 radical (unpaired) electrons. The van der Waals surface area contributed by atoms with E-state index in [1.54, 1.807) is 49.4 Å². The number of hydrogen-bond acceptors (Lipinski definition) is 5. The number of allylic oxidation sites excluding steroid dienone is 1. The molecule has 0 amide bonds. The molecular formula is C25H20N4O6. The van der Waals surface area contributed by atoms with Crippen LogP contribution in [0.5, 0.6) is 5.75 Å². The number of ether oxygens (including phenoxy) is 1. The van der Waals surface area contributed by atoms with Crippen molar-refractivity contribution in [3.05, 3.63) is 103 Å². The van der Waals surface area contributed by atoms with Crippen molar-refractivity contribution in [1.29, 1.82) is 0 Å². The van der Waals surface area contributed by atoms with E-state index in [1.807, 2.05) is 0 Å². The Hall–Kier alpha value is -5.12. The van der Waals surface area contributed by atoms with Crippen LogP contribution in [0.15, 0.2) is 64.2 Å². The fraction of sp³-hybridized carbons (Fsp3) is 0.0400. The number of aryl methyl sites for hydroxylation is 1. The van der Waals surface area contributed by atoms with Gasteiger partial charge in [0.05, 0.1) is 33.1 Å². The molecule has 0 saturated heterocycles. The molecule has 0 atom stereocenters. The van der Waals surface area contributed by atoms with Crippen LogP contribution < -0.4 is 26.4 Å². The smallest absolute Gasteiger partial charge is 0.335 e. The van der Waals surface area contributed by atoms with Crippen LogP contribution in [0.25, 0.3) is 30.1 Å². The molecule has 0 aliphatic rings. The molecule has 35 heavy (non-hydrogen) atoms. The van der Waals surface area contributed by atoms with Crippen molar-refractivity contribution in [3.8, 4) is 17.1 Å². The van der Waals surface area contributed by atoms with Gasteiger partial charge in [-0.2, -0.15) is 0 Å². The number of hydrogen-bond donors (Lipinski definition) is 3. The maximum atomic E-state index is 12.9. The van der Waals surface area contributed by atoms with E-state index in [9.17, 15) is 19.2 Å². The first-order valence-electron chi connectivity index (χ1n) is 10.3. The van der Waals surface area contributed by atoms with E-state index in [2.05, 4.69) is 16.8 Å². The number of aromatic amines is 2. The molecule has 0 bridgehead atoms. The summed E-state index contributed by atoms with van der Waals surface area (Å²) in [6.45, 7) is 5.92. The number of H-pyrrole nitrogens is 2. The topological polar surface area (TPSA) is 139 Å². The van der Waals surface area contributed by atoms with Gasteiger partial charge in [-0.1, -0.05) is 12.7 Å². The molecule has 0 aliphatic heterocycles. The summed E-state index contributed by atoms with van der Waals surface area (Å²) in [4.78, 5) is 47.2. The van der Waals surface area contributed by atoms with E-state index < -0.39 is 5.97 Å². The van der Waals surface area contributed by atoms with Crippen molar-refractivity contribution >= 4 is 31.2 Å². The summed E-state index contributed by atoms with van der Waals surface area (Å²) >= 11 is 0. The standard InChI is InChI=1S/C25H20N4O6/c1-15-21(23(31)28(26-15)18-8-6-17(7-9-18)25(33)34)4-3-5-22-16(2)27-29(24(22)32)19-10-12-20(13-11-19)35-14-30/h3-14,26-27H,2H2,1H3,(H,33,34). The second-order valence-electron chi connectivity index (χ2n) is 7.52. The van der Waals surface area contributed by atoms with Crippen LogP contribution in [0.4, 0.5) is 0 Å². The number of aromatic nitrogens is 4. The Morgan fingerprint density at radius 1 is 0.971 bits per heavy atom. The van der Waals surface area contributed by atoms with E-state index >= 15 is 0 Å². The Kier molecular flexibility index (Phi) is 6.19. The fourth-order valence-electron chi connectivity index (χ4n) is 3.51. The van der Waals surface area contributed by atoms with Gasteiger partial charge in [0.15, 0.2) is 0 Å². The van der Waals surface area contributed by atoms with Crippen LogP contribution >= 0.6 is 0 Å². The summed E-state index contributed by atoms with van der Waals surface area (Å²) in [6, 6.07) is 12.2. The average Bonchev–Trinajstić information content (AvgIpc) is 3.29. The minimum absolute atomic E-state index is 0.117. The van der Waals surface area contributed by atoms with E-state index in [0.717, 1.165) is 0 Å². The zero-order chi connectivity index (χ0) is 25.1. The van der Waals surface area contributed by atoms with Crippen molar-refractivity contribution in [2.45, 2.75) is 6.92 Å². The third-order valence-electron chi connectivity index (χ3n) is 5.30. The second kappa shape index (κ2) is 9.40. The second-order valence-corrected chi connectivity index (χ2v) is 7.52. The minimum Gasteiger partial charge on any atom is -0.478 e. The van der Waals surface area contributed by atoms with E-state index in [0.29, 0.717) is 45.4 Å². The monoisotopic (exact) mass is 472 g/mol. The van der Waals surface area contributed by atoms with Gasteiger partial charge in [0.1, 0.15) is 5.75 Å². The van der Waals surface area contributed by atoms with E-state index in [1.165, 1.54) is 33.6 Å². The molecule has 176 valence electrons. The number of nitrogens with one attached hydrogen (secondary N) is 2. The van der Waals surface area contributed by atoms with E-state index in [-0.39, 0.29) is 16.7 Å². The Morgan fingerprint density at radius 2 is 1.57 bits per heavy atom. The highest BCUT2D eigenvalue weighted by molar-refractivity contribution is 5.87. The molecule has 4 rings (SSSR count). The third-order valence-corrected chi connectivity index (χ3v) is 5.30. The van der Waals surface area contributed by atoms with Gasteiger partial charge in [0, 0.05) is 5.69 Å². The van der Waals surface area contributed by atoms with Crippen molar-refractivity contribution in [2.24, 2.45) is 0 Å². The number of carboxylic acids is 1. The largest absolute Gasteiger partial charge is 0.478 e. The van der Waals surface area contributed by atoms with Gasteiger partial charge < -0.3 is 9.84 Å². The predicted octanol–water partition coefficient (Wildman–Crippen LogP) is 1.09. The zero-order valence-electron chi connectivity index (χ0n) is 18.5. The van der Waals surface area contributed by atoms with Gasteiger partial charge in [0.2, 0.25) is 0 Å². The maximum absolute atomic E-state index is 12.9. The van der Waals surface area contributed by atoms with Crippen molar-refractivity contribution in [3.63, 3.8) is 0 Å². The summed E-state index contributed by atoms with van der Waals surface area (Å²) in [6.07, 6.45) is 4.72. The molecule has 3 N–H and O–H groups in total. The Balaban J connectivity index is 1.65. The van der Waals surface area contributed by atoms with Gasteiger partial charge >= 0.3 is 5.97 Å². The highest BCUT2D eigenvalue weighted by Crippen LogP contribution is 2.13. The fourth-order valence-corrected chi connectivity index (χ4v) is 3.51. The third kappa shape index (κ3) is 4.53. The van der Waals surface area contributed by atoms with Crippen LogP contribution in [0.1, 0.15) is 21.6 Å². The molecule has 0 saturated carbocycles. The SMILES string of the molecule is C=c1[nH]n(-c2ccc(OC=O)cc2)c(=O)c1=CC=Cc1c(C)[nH]n(-c2ccc(C(=O)O)cc2)c1=O. The highest BCUT2D eigenvalue weighted by atomic mass is 16.5. The van der Waals surface area contributed by atoms with Crippen molar-refractivity contribution < 1.29 is 19.4 Å². The molecule has 10 nitrogen and oxygen atoms in total. The van der Waals surface area contributed by atoms with Crippen LogP contribution in [-0.2, 0) is 4.79 Å². The first-order chi connectivity index (χ1) is 16.8. The number of rotatable bonds is 7. The predicted molar refractivity (Wildman–Crippen MR) is 129 cm³/mol. The molecular weight excluding hydrogens is 452 g/mol. The van der Waals surface area contributed by atoms with Crippen LogP contribution in [0.2, 0.25) is 0 Å². The summed E-state index contributed by atoms with van der Waals surface area (Å²) in [5, 5.41) is 15.6. The molecule has 0 spiro atoms. The Labute approximate surface area is 197 Å². The lowest BCUT2D eigenvalue weighted by Gasteiger charge is -2.02. The van der Waals surface area contributed by atoms with Crippen LogP contribution in [-0.4, -0.2) is 37.1 Å². The zero-order valence-corrected chi connectivity index (χ0v) is 18.5. The molecule has 4 aromatic rings. The summed E-state index contributed by atoms with van der Waals surface area (Å²) in [5.41, 5.74) is 1.45. The minimum atomic E-state index is -1.05. The lowest BCUT2D eigenvalue weighted by atomic mass is 10.2. The molecule has 0 fully saturated rings. The van der Waals surface area contributed by atoms with Gasteiger partial charge in [-0.15, -0.1) is 0 Å². The first-order valence-corrected chi connectivity index (χ1v) is 10.3. The summed E-state index contributed by atoms with van der Waals surface area (Å²) < 4.78 is 7.38. The number of aromatic carboxylic acids is 1. The molecule has 0 aliphatic carbocycles. The molecule has 2 aromatic carbocycles. The van der Waals surface area contributed by atoms with Crippen molar-refractivity contribution in [1.82, 2.24) is 19.6 Å². The van der Waals surface area contributed by atoms with E-state index in [4.69, 9.17) is 9.84 Å². The van der Waals surface area contributed by atoms with Crippen LogP contribution in [0, 0.1) is 6.92 Å². The Morgan fingerprint density at radius 3 is 2.17 bits per heavy atom. The summed E-state index contributed by atoms with van der Waals surface area (Å²) in [5.74, 6) is -0.707.